The normalized spacial score (nSPS) is 18.6. The maximum atomic E-state index is 12.7. The summed E-state index contributed by atoms with van der Waals surface area (Å²) in [4.78, 5) is 23.4. The lowest BCUT2D eigenvalue weighted by molar-refractivity contribution is -0.120. The summed E-state index contributed by atoms with van der Waals surface area (Å²) < 4.78 is 1.70. The van der Waals surface area contributed by atoms with Gasteiger partial charge in [-0.1, -0.05) is 24.3 Å². The lowest BCUT2D eigenvalue weighted by Gasteiger charge is -2.35. The van der Waals surface area contributed by atoms with E-state index in [2.05, 4.69) is 44.6 Å². The minimum atomic E-state index is -0.554. The number of β-amino-alcohol motifs (C(OH)–C–C–N with tert-alkyl or cyclic N) is 1. The van der Waals surface area contributed by atoms with Gasteiger partial charge in [0.15, 0.2) is 5.96 Å². The lowest BCUT2D eigenvalue weighted by Crippen LogP contribution is -2.55. The van der Waals surface area contributed by atoms with Gasteiger partial charge in [0.1, 0.15) is 6.54 Å². The van der Waals surface area contributed by atoms with Crippen molar-refractivity contribution >= 4 is 17.6 Å². The molecule has 2 N–H and O–H groups in total. The number of carbonyl (C=O) groups excluding carboxylic acids is 1. The third-order valence-corrected chi connectivity index (χ3v) is 5.99. The fourth-order valence-corrected chi connectivity index (χ4v) is 4.36. The Hall–Kier alpha value is -2.91. The molecule has 4 rings (SSSR count). The van der Waals surface area contributed by atoms with Gasteiger partial charge in [0.05, 0.1) is 24.5 Å². The van der Waals surface area contributed by atoms with E-state index in [9.17, 15) is 9.90 Å². The number of aliphatic hydroxyl groups excluding tert-OH is 1. The number of hydrogen-bond acceptors (Lipinski definition) is 5. The van der Waals surface area contributed by atoms with Crippen LogP contribution in [0.2, 0.25) is 0 Å². The number of piperazine rings is 1. The quantitative estimate of drug-likeness (QED) is 0.502. The number of aliphatic hydroxyl groups is 1. The Morgan fingerprint density at radius 1 is 1.22 bits per heavy atom. The van der Waals surface area contributed by atoms with Crippen LogP contribution in [0.15, 0.2) is 41.7 Å². The molecule has 2 aliphatic rings. The number of nitrogens with zero attached hydrogens (tertiary/aromatic N) is 6. The number of hydrogen-bond donors (Lipinski definition) is 2. The summed E-state index contributed by atoms with van der Waals surface area (Å²) in [5, 5.41) is 18.1. The SMILES string of the molecule is CCNC(=NCC(O)CN1CCc2ccccc2C1)N1CCN(c2cnn(C)c2)C(=O)C1. The highest BCUT2D eigenvalue weighted by atomic mass is 16.3. The van der Waals surface area contributed by atoms with Crippen molar-refractivity contribution < 1.29 is 9.90 Å². The van der Waals surface area contributed by atoms with E-state index in [0.717, 1.165) is 25.2 Å². The molecule has 9 nitrogen and oxygen atoms in total. The van der Waals surface area contributed by atoms with E-state index < -0.39 is 6.10 Å². The Bertz CT molecular complexity index is 957. The largest absolute Gasteiger partial charge is 0.390 e. The average molecular weight is 440 g/mol. The zero-order valence-corrected chi connectivity index (χ0v) is 18.9. The highest BCUT2D eigenvalue weighted by Crippen LogP contribution is 2.19. The topological polar surface area (TPSA) is 89.2 Å². The summed E-state index contributed by atoms with van der Waals surface area (Å²) in [7, 11) is 1.84. The molecule has 0 spiro atoms. The zero-order chi connectivity index (χ0) is 22.5. The smallest absolute Gasteiger partial charge is 0.246 e. The van der Waals surface area contributed by atoms with Gasteiger partial charge in [-0.3, -0.25) is 19.4 Å². The number of guanidine groups is 1. The second-order valence-corrected chi connectivity index (χ2v) is 8.44. The predicted molar refractivity (Wildman–Crippen MR) is 125 cm³/mol. The van der Waals surface area contributed by atoms with Gasteiger partial charge in [0.25, 0.3) is 0 Å². The standard InChI is InChI=1S/C23H33N7O2/c1-3-24-23(29-10-11-30(22(32)17-29)20-12-26-27(2)15-20)25-13-21(31)16-28-9-8-18-6-4-5-7-19(18)14-28/h4-7,12,15,21,31H,3,8-11,13-14,16-17H2,1-2H3,(H,24,25). The lowest BCUT2D eigenvalue weighted by atomic mass is 10.00. The van der Waals surface area contributed by atoms with Crippen LogP contribution in [0.3, 0.4) is 0 Å². The number of fused-ring (bicyclic) bond motifs is 1. The molecule has 1 unspecified atom stereocenters. The van der Waals surface area contributed by atoms with Crippen LogP contribution in [0.1, 0.15) is 18.1 Å². The van der Waals surface area contributed by atoms with Gasteiger partial charge in [-0.2, -0.15) is 5.10 Å². The molecule has 1 atom stereocenters. The Morgan fingerprint density at radius 3 is 2.75 bits per heavy atom. The molecule has 1 aromatic carbocycles. The number of benzene rings is 1. The molecule has 0 bridgehead atoms. The van der Waals surface area contributed by atoms with Crippen LogP contribution < -0.4 is 10.2 Å². The third kappa shape index (κ3) is 5.28. The second-order valence-electron chi connectivity index (χ2n) is 8.44. The molecule has 1 fully saturated rings. The highest BCUT2D eigenvalue weighted by Gasteiger charge is 2.28. The minimum Gasteiger partial charge on any atom is -0.390 e. The van der Waals surface area contributed by atoms with E-state index in [4.69, 9.17) is 0 Å². The van der Waals surface area contributed by atoms with Crippen LogP contribution in [0.5, 0.6) is 0 Å². The first kappa shape index (κ1) is 22.3. The van der Waals surface area contributed by atoms with Gasteiger partial charge in [0, 0.05) is 52.5 Å². The van der Waals surface area contributed by atoms with E-state index >= 15 is 0 Å². The first-order valence-electron chi connectivity index (χ1n) is 11.3. The van der Waals surface area contributed by atoms with Gasteiger partial charge >= 0.3 is 0 Å². The minimum absolute atomic E-state index is 0.0161. The first-order valence-corrected chi connectivity index (χ1v) is 11.3. The van der Waals surface area contributed by atoms with Crippen LogP contribution in [-0.4, -0.2) is 88.5 Å². The Balaban J connectivity index is 1.32. The summed E-state index contributed by atoms with van der Waals surface area (Å²) in [6, 6.07) is 8.51. The third-order valence-electron chi connectivity index (χ3n) is 5.99. The van der Waals surface area contributed by atoms with Gasteiger partial charge in [-0.15, -0.1) is 0 Å². The highest BCUT2D eigenvalue weighted by molar-refractivity contribution is 5.98. The van der Waals surface area contributed by atoms with Gasteiger partial charge in [0.2, 0.25) is 5.91 Å². The molecule has 1 amide bonds. The molecule has 1 aromatic heterocycles. The van der Waals surface area contributed by atoms with Crippen LogP contribution in [-0.2, 0) is 24.8 Å². The molecule has 2 aromatic rings. The monoisotopic (exact) mass is 439 g/mol. The van der Waals surface area contributed by atoms with Crippen LogP contribution in [0.25, 0.3) is 0 Å². The molecule has 9 heteroatoms. The number of amides is 1. The zero-order valence-electron chi connectivity index (χ0n) is 18.9. The molecule has 172 valence electrons. The van der Waals surface area contributed by atoms with E-state index in [1.807, 2.05) is 25.1 Å². The number of carbonyl (C=O) groups is 1. The Kier molecular flexibility index (Phi) is 7.06. The van der Waals surface area contributed by atoms with E-state index in [1.54, 1.807) is 15.8 Å². The van der Waals surface area contributed by atoms with E-state index in [-0.39, 0.29) is 12.5 Å². The van der Waals surface area contributed by atoms with Crippen molar-refractivity contribution in [2.45, 2.75) is 26.0 Å². The number of nitrogens with one attached hydrogen (secondary N) is 1. The first-order chi connectivity index (χ1) is 15.5. The fraction of sp³-hybridized carbons (Fsp3) is 0.522. The molecule has 1 saturated heterocycles. The van der Waals surface area contributed by atoms with E-state index in [0.29, 0.717) is 38.7 Å². The van der Waals surface area contributed by atoms with Crippen molar-refractivity contribution in [3.63, 3.8) is 0 Å². The summed E-state index contributed by atoms with van der Waals surface area (Å²) in [5.41, 5.74) is 3.56. The number of aromatic nitrogens is 2. The summed E-state index contributed by atoms with van der Waals surface area (Å²) in [6.07, 6.45) is 4.02. The summed E-state index contributed by atoms with van der Waals surface area (Å²) in [6.45, 7) is 6.91. The fourth-order valence-electron chi connectivity index (χ4n) is 4.36. The van der Waals surface area contributed by atoms with Crippen LogP contribution >= 0.6 is 0 Å². The molecule has 3 heterocycles. The van der Waals surface area contributed by atoms with Crippen molar-refractivity contribution in [1.29, 1.82) is 0 Å². The Morgan fingerprint density at radius 2 is 2.03 bits per heavy atom. The molecular weight excluding hydrogens is 406 g/mol. The number of rotatable bonds is 6. The predicted octanol–water partition coefficient (Wildman–Crippen LogP) is 0.453. The second kappa shape index (κ2) is 10.1. The van der Waals surface area contributed by atoms with Crippen molar-refractivity contribution in [1.82, 2.24) is 24.9 Å². The van der Waals surface area contributed by atoms with Crippen molar-refractivity contribution in [3.8, 4) is 0 Å². The van der Waals surface area contributed by atoms with Gasteiger partial charge < -0.3 is 20.2 Å². The summed E-state index contributed by atoms with van der Waals surface area (Å²) >= 11 is 0. The Labute approximate surface area is 189 Å². The number of aryl methyl sites for hydroxylation is 1. The molecule has 0 aliphatic carbocycles. The van der Waals surface area contributed by atoms with Crippen molar-refractivity contribution in [3.05, 3.63) is 47.8 Å². The van der Waals surface area contributed by atoms with Crippen molar-refractivity contribution in [2.75, 3.05) is 50.7 Å². The molecule has 32 heavy (non-hydrogen) atoms. The molecule has 0 saturated carbocycles. The maximum absolute atomic E-state index is 12.7. The summed E-state index contributed by atoms with van der Waals surface area (Å²) in [5.74, 6) is 0.692. The van der Waals surface area contributed by atoms with E-state index in [1.165, 1.54) is 11.1 Å². The van der Waals surface area contributed by atoms with Crippen LogP contribution in [0.4, 0.5) is 5.69 Å². The molecular formula is C23H33N7O2. The van der Waals surface area contributed by atoms with Gasteiger partial charge in [-0.25, -0.2) is 0 Å². The van der Waals surface area contributed by atoms with Gasteiger partial charge in [-0.05, 0) is 24.5 Å². The molecule has 0 radical (unpaired) electrons. The van der Waals surface area contributed by atoms with Crippen LogP contribution in [0, 0.1) is 0 Å². The van der Waals surface area contributed by atoms with Crippen molar-refractivity contribution in [2.24, 2.45) is 12.0 Å². The number of anilines is 1. The average Bonchev–Trinajstić information content (AvgIpc) is 3.22. The number of aliphatic imine (C=N–C) groups is 1. The maximum Gasteiger partial charge on any atom is 0.246 e. The molecule has 2 aliphatic heterocycles.